The van der Waals surface area contributed by atoms with Gasteiger partial charge in [-0.15, -0.1) is 0 Å². The highest BCUT2D eigenvalue weighted by atomic mass is 16.1. The summed E-state index contributed by atoms with van der Waals surface area (Å²) < 4.78 is 0. The molecule has 0 spiro atoms. The number of amides is 1. The van der Waals surface area contributed by atoms with Crippen LogP contribution in [-0.2, 0) is 16.0 Å². The summed E-state index contributed by atoms with van der Waals surface area (Å²) in [6.45, 7) is 0. The lowest BCUT2D eigenvalue weighted by atomic mass is 9.87. The van der Waals surface area contributed by atoms with Crippen LogP contribution >= 0.6 is 0 Å². The van der Waals surface area contributed by atoms with E-state index >= 15 is 0 Å². The number of nitrogens with zero attached hydrogens (tertiary/aromatic N) is 1. The van der Waals surface area contributed by atoms with Crippen LogP contribution in [0.2, 0.25) is 0 Å². The topological polar surface area (TPSA) is 96.0 Å². The Balaban J connectivity index is 2.37. The van der Waals surface area contributed by atoms with Gasteiger partial charge < -0.3 is 5.73 Å². The molecule has 5 heteroatoms. The number of fused-ring (bicyclic) bond motifs is 1. The van der Waals surface area contributed by atoms with E-state index in [0.717, 1.165) is 11.1 Å². The summed E-state index contributed by atoms with van der Waals surface area (Å²) in [4.78, 5) is 23.2. The number of hydrogen-bond acceptors (Lipinski definition) is 4. The van der Waals surface area contributed by atoms with Crippen molar-refractivity contribution >= 4 is 11.7 Å². The van der Waals surface area contributed by atoms with E-state index in [1.54, 1.807) is 0 Å². The highest BCUT2D eigenvalue weighted by Gasteiger charge is 2.32. The van der Waals surface area contributed by atoms with Gasteiger partial charge in [0.05, 0.1) is 24.6 Å². The van der Waals surface area contributed by atoms with Crippen molar-refractivity contribution in [3.05, 3.63) is 35.4 Å². The van der Waals surface area contributed by atoms with E-state index in [0.29, 0.717) is 6.42 Å². The van der Waals surface area contributed by atoms with Gasteiger partial charge in [-0.1, -0.05) is 24.3 Å². The Morgan fingerprint density at radius 3 is 2.83 bits per heavy atom. The highest BCUT2D eigenvalue weighted by molar-refractivity contribution is 5.89. The molecule has 1 aromatic rings. The minimum absolute atomic E-state index is 0.183. The zero-order valence-electron chi connectivity index (χ0n) is 9.72. The van der Waals surface area contributed by atoms with Gasteiger partial charge >= 0.3 is 0 Å². The molecule has 3 N–H and O–H groups in total. The highest BCUT2D eigenvalue weighted by Crippen LogP contribution is 2.26. The molecule has 2 atom stereocenters. The van der Waals surface area contributed by atoms with Gasteiger partial charge in [0.1, 0.15) is 0 Å². The largest absolute Gasteiger partial charge is 0.368 e. The molecule has 1 aromatic carbocycles. The normalized spacial score (nSPS) is 21.7. The van der Waals surface area contributed by atoms with E-state index in [-0.39, 0.29) is 12.2 Å². The number of nitriles is 1. The first-order valence-corrected chi connectivity index (χ1v) is 5.66. The van der Waals surface area contributed by atoms with E-state index < -0.39 is 18.0 Å². The van der Waals surface area contributed by atoms with Crippen LogP contribution in [0.3, 0.4) is 0 Å². The van der Waals surface area contributed by atoms with Crippen LogP contribution in [0.1, 0.15) is 23.6 Å². The molecule has 0 aliphatic carbocycles. The average Bonchev–Trinajstić information content (AvgIpc) is 2.37. The Morgan fingerprint density at radius 2 is 2.17 bits per heavy atom. The fourth-order valence-corrected chi connectivity index (χ4v) is 2.20. The second-order valence-corrected chi connectivity index (χ2v) is 4.26. The molecule has 0 aromatic heterocycles. The third-order valence-electron chi connectivity index (χ3n) is 3.08. The molecular weight excluding hydrogens is 230 g/mol. The first kappa shape index (κ1) is 12.3. The molecule has 92 valence electrons. The molecule has 18 heavy (non-hydrogen) atoms. The van der Waals surface area contributed by atoms with E-state index in [1.165, 1.54) is 0 Å². The van der Waals surface area contributed by atoms with Crippen molar-refractivity contribution in [1.29, 1.82) is 5.26 Å². The monoisotopic (exact) mass is 243 g/mol. The standard InChI is InChI=1S/C13H13N3O2/c14-6-5-11(17)12-9-4-2-1-3-8(9)7-10(16-12)13(15)18/h1-4,10,12,16H,5,7H2,(H2,15,18). The molecule has 1 amide bonds. The molecule has 2 rings (SSSR count). The maximum Gasteiger partial charge on any atom is 0.234 e. The summed E-state index contributed by atoms with van der Waals surface area (Å²) in [5.74, 6) is -0.727. The zero-order chi connectivity index (χ0) is 13.1. The number of Topliss-reactive ketones (excluding diaryl/α,β-unsaturated/α-hetero) is 1. The number of nitrogens with two attached hydrogens (primary N) is 1. The van der Waals surface area contributed by atoms with Gasteiger partial charge in [0.2, 0.25) is 5.91 Å². The second kappa shape index (κ2) is 4.98. The van der Waals surface area contributed by atoms with Crippen LogP contribution in [0.25, 0.3) is 0 Å². The number of carbonyl (C=O) groups is 2. The molecule has 1 aliphatic rings. The molecular formula is C13H13N3O2. The Labute approximate surface area is 105 Å². The quantitative estimate of drug-likeness (QED) is 0.793. The average molecular weight is 243 g/mol. The van der Waals surface area contributed by atoms with Crippen molar-refractivity contribution in [2.75, 3.05) is 0 Å². The lowest BCUT2D eigenvalue weighted by molar-refractivity contribution is -0.123. The number of rotatable bonds is 3. The summed E-state index contributed by atoms with van der Waals surface area (Å²) in [6, 6.07) is 8.05. The number of ketones is 1. The maximum absolute atomic E-state index is 11.9. The minimum atomic E-state index is -0.618. The fourth-order valence-electron chi connectivity index (χ4n) is 2.20. The fraction of sp³-hybridized carbons (Fsp3) is 0.308. The Bertz CT molecular complexity index is 533. The van der Waals surface area contributed by atoms with Gasteiger partial charge in [-0.25, -0.2) is 0 Å². The lowest BCUT2D eigenvalue weighted by Gasteiger charge is -2.30. The van der Waals surface area contributed by atoms with Gasteiger partial charge in [-0.2, -0.15) is 5.26 Å². The Kier molecular flexibility index (Phi) is 3.40. The number of nitrogens with one attached hydrogen (secondary N) is 1. The summed E-state index contributed by atoms with van der Waals surface area (Å²) in [7, 11) is 0. The Hall–Kier alpha value is -2.19. The second-order valence-electron chi connectivity index (χ2n) is 4.26. The van der Waals surface area contributed by atoms with E-state index in [1.807, 2.05) is 30.3 Å². The molecule has 0 bridgehead atoms. The number of benzene rings is 1. The van der Waals surface area contributed by atoms with E-state index in [2.05, 4.69) is 5.32 Å². The van der Waals surface area contributed by atoms with Crippen molar-refractivity contribution in [2.45, 2.75) is 24.9 Å². The molecule has 5 nitrogen and oxygen atoms in total. The first-order chi connectivity index (χ1) is 8.63. The van der Waals surface area contributed by atoms with Crippen molar-refractivity contribution in [2.24, 2.45) is 5.73 Å². The van der Waals surface area contributed by atoms with E-state index in [4.69, 9.17) is 11.0 Å². The molecule has 0 saturated carbocycles. The van der Waals surface area contributed by atoms with Crippen LogP contribution in [0.5, 0.6) is 0 Å². The molecule has 1 aliphatic heterocycles. The van der Waals surface area contributed by atoms with Crippen LogP contribution in [0.4, 0.5) is 0 Å². The van der Waals surface area contributed by atoms with Crippen molar-refractivity contribution < 1.29 is 9.59 Å². The number of carbonyl (C=O) groups excluding carboxylic acids is 2. The SMILES string of the molecule is N#CCC(=O)C1NC(C(N)=O)Cc2ccccc21. The molecule has 0 radical (unpaired) electrons. The van der Waals surface area contributed by atoms with Crippen LogP contribution in [-0.4, -0.2) is 17.7 Å². The van der Waals surface area contributed by atoms with Crippen molar-refractivity contribution in [1.82, 2.24) is 5.32 Å². The smallest absolute Gasteiger partial charge is 0.234 e. The van der Waals surface area contributed by atoms with Crippen molar-refractivity contribution in [3.8, 4) is 6.07 Å². The predicted molar refractivity (Wildman–Crippen MR) is 64.2 cm³/mol. The third-order valence-corrected chi connectivity index (χ3v) is 3.08. The van der Waals surface area contributed by atoms with Gasteiger partial charge in [0, 0.05) is 0 Å². The van der Waals surface area contributed by atoms with Crippen LogP contribution in [0, 0.1) is 11.3 Å². The maximum atomic E-state index is 11.9. The summed E-state index contributed by atoms with van der Waals surface area (Å²) >= 11 is 0. The van der Waals surface area contributed by atoms with E-state index in [9.17, 15) is 9.59 Å². The number of hydrogen-bond donors (Lipinski definition) is 2. The summed E-state index contributed by atoms with van der Waals surface area (Å²) in [5.41, 5.74) is 7.04. The van der Waals surface area contributed by atoms with Gasteiger partial charge in [-0.3, -0.25) is 14.9 Å². The van der Waals surface area contributed by atoms with Crippen LogP contribution in [0.15, 0.2) is 24.3 Å². The van der Waals surface area contributed by atoms with Gasteiger partial charge in [-0.05, 0) is 17.5 Å². The molecule has 0 saturated heterocycles. The first-order valence-electron chi connectivity index (χ1n) is 5.66. The summed E-state index contributed by atoms with van der Waals surface area (Å²) in [6.07, 6.45) is 0.291. The summed E-state index contributed by atoms with van der Waals surface area (Å²) in [5, 5.41) is 11.5. The van der Waals surface area contributed by atoms with Crippen molar-refractivity contribution in [3.63, 3.8) is 0 Å². The van der Waals surface area contributed by atoms with Gasteiger partial charge in [0.25, 0.3) is 0 Å². The number of primary amides is 1. The minimum Gasteiger partial charge on any atom is -0.368 e. The Morgan fingerprint density at radius 1 is 1.44 bits per heavy atom. The lowest BCUT2D eigenvalue weighted by Crippen LogP contribution is -2.49. The third kappa shape index (κ3) is 2.24. The van der Waals surface area contributed by atoms with Crippen LogP contribution < -0.4 is 11.1 Å². The van der Waals surface area contributed by atoms with Gasteiger partial charge in [0.15, 0.2) is 5.78 Å². The predicted octanol–water partition coefficient (Wildman–Crippen LogP) is 0.210. The molecule has 2 unspecified atom stereocenters. The molecule has 0 fully saturated rings. The zero-order valence-corrected chi connectivity index (χ0v) is 9.72. The molecule has 1 heterocycles.